The average molecular weight is 284 g/mol. The number of piperidine rings is 1. The molecule has 1 aromatic carbocycles. The second-order valence-corrected chi connectivity index (χ2v) is 4.84. The van der Waals surface area contributed by atoms with Gasteiger partial charge in [-0.05, 0) is 44.5 Å². The van der Waals surface area contributed by atoms with Crippen LogP contribution in [0.5, 0.6) is 5.75 Å². The molecule has 6 heteroatoms. The van der Waals surface area contributed by atoms with Crippen molar-refractivity contribution in [3.05, 3.63) is 23.8 Å². The number of ether oxygens (including phenoxy) is 1. The Morgan fingerprint density at radius 2 is 2.10 bits per heavy atom. The Kier molecular flexibility index (Phi) is 4.89. The van der Waals surface area contributed by atoms with Gasteiger partial charge in [0.25, 0.3) is 0 Å². The van der Waals surface area contributed by atoms with Crippen molar-refractivity contribution in [2.24, 2.45) is 5.92 Å². The minimum Gasteiger partial charge on any atom is -0.433 e. The van der Waals surface area contributed by atoms with Gasteiger partial charge in [0.2, 0.25) is 5.91 Å². The zero-order valence-electron chi connectivity index (χ0n) is 11.3. The molecule has 0 unspecified atom stereocenters. The molecule has 1 heterocycles. The summed E-state index contributed by atoms with van der Waals surface area (Å²) in [5.74, 6) is -0.225. The van der Waals surface area contributed by atoms with Crippen molar-refractivity contribution in [3.63, 3.8) is 0 Å². The summed E-state index contributed by atoms with van der Waals surface area (Å²) in [5, 5.41) is 5.91. The molecule has 4 nitrogen and oxygen atoms in total. The molecular weight excluding hydrogens is 266 g/mol. The molecule has 1 saturated heterocycles. The average Bonchev–Trinajstić information content (AvgIpc) is 2.43. The van der Waals surface area contributed by atoms with Crippen LogP contribution in [-0.2, 0) is 4.79 Å². The summed E-state index contributed by atoms with van der Waals surface area (Å²) in [6.07, 6.45) is 1.51. The number of hydrogen-bond donors (Lipinski definition) is 2. The summed E-state index contributed by atoms with van der Waals surface area (Å²) in [6.45, 7) is 0.431. The number of benzene rings is 1. The van der Waals surface area contributed by atoms with Crippen LogP contribution in [0.3, 0.4) is 0 Å². The summed E-state index contributed by atoms with van der Waals surface area (Å²) in [7, 11) is 0. The number of carbonyl (C=O) groups is 1. The van der Waals surface area contributed by atoms with Gasteiger partial charge in [0.05, 0.1) is 5.69 Å². The molecule has 20 heavy (non-hydrogen) atoms. The Bertz CT molecular complexity index is 474. The quantitative estimate of drug-likeness (QED) is 0.893. The Labute approximate surface area is 116 Å². The molecule has 0 aromatic heterocycles. The number of rotatable bonds is 4. The molecule has 2 N–H and O–H groups in total. The number of halogens is 2. The zero-order chi connectivity index (χ0) is 14.5. The van der Waals surface area contributed by atoms with E-state index in [1.165, 1.54) is 6.07 Å². The summed E-state index contributed by atoms with van der Waals surface area (Å²) < 4.78 is 29.2. The van der Waals surface area contributed by atoms with Crippen molar-refractivity contribution >= 4 is 11.6 Å². The first-order valence-corrected chi connectivity index (χ1v) is 6.64. The molecule has 0 bridgehead atoms. The van der Waals surface area contributed by atoms with Gasteiger partial charge in [0.15, 0.2) is 0 Å². The number of para-hydroxylation sites is 1. The Morgan fingerprint density at radius 3 is 2.75 bits per heavy atom. The number of nitrogens with one attached hydrogen (secondary N) is 2. The number of alkyl halides is 2. The first kappa shape index (κ1) is 14.7. The first-order valence-electron chi connectivity index (χ1n) is 6.64. The monoisotopic (exact) mass is 284 g/mol. The lowest BCUT2D eigenvalue weighted by Gasteiger charge is -2.23. The summed E-state index contributed by atoms with van der Waals surface area (Å²) in [5.41, 5.74) is 1.03. The first-order chi connectivity index (χ1) is 9.58. The van der Waals surface area contributed by atoms with Crippen molar-refractivity contribution < 1.29 is 18.3 Å². The largest absolute Gasteiger partial charge is 0.433 e. The lowest BCUT2D eigenvalue weighted by atomic mass is 9.97. The molecule has 2 rings (SSSR count). The molecular formula is C14H18F2N2O2. The van der Waals surface area contributed by atoms with E-state index >= 15 is 0 Å². The van der Waals surface area contributed by atoms with Gasteiger partial charge in [-0.15, -0.1) is 0 Å². The van der Waals surface area contributed by atoms with E-state index < -0.39 is 6.61 Å². The van der Waals surface area contributed by atoms with E-state index in [-0.39, 0.29) is 17.6 Å². The predicted octanol–water partition coefficient (Wildman–Crippen LogP) is 2.53. The summed E-state index contributed by atoms with van der Waals surface area (Å²) in [6, 6.07) is 4.79. The predicted molar refractivity (Wildman–Crippen MR) is 72.0 cm³/mol. The lowest BCUT2D eigenvalue weighted by molar-refractivity contribution is -0.120. The van der Waals surface area contributed by atoms with Crippen LogP contribution in [0, 0.1) is 12.8 Å². The van der Waals surface area contributed by atoms with E-state index in [0.717, 1.165) is 25.9 Å². The molecule has 0 aliphatic carbocycles. The Hall–Kier alpha value is -1.69. The van der Waals surface area contributed by atoms with Crippen LogP contribution in [0.2, 0.25) is 0 Å². The molecule has 1 fully saturated rings. The number of anilines is 1. The normalized spacial score (nSPS) is 16.2. The molecule has 0 atom stereocenters. The second-order valence-electron chi connectivity index (χ2n) is 4.84. The van der Waals surface area contributed by atoms with Gasteiger partial charge >= 0.3 is 6.61 Å². The van der Waals surface area contributed by atoms with Crippen LogP contribution in [0.4, 0.5) is 14.5 Å². The van der Waals surface area contributed by atoms with Crippen LogP contribution >= 0.6 is 0 Å². The van der Waals surface area contributed by atoms with Gasteiger partial charge < -0.3 is 15.4 Å². The summed E-state index contributed by atoms with van der Waals surface area (Å²) in [4.78, 5) is 12.2. The molecule has 0 spiro atoms. The molecule has 0 saturated carbocycles. The zero-order valence-corrected chi connectivity index (χ0v) is 11.3. The highest BCUT2D eigenvalue weighted by molar-refractivity contribution is 5.94. The maximum absolute atomic E-state index is 12.4. The van der Waals surface area contributed by atoms with Gasteiger partial charge in [-0.25, -0.2) is 0 Å². The van der Waals surface area contributed by atoms with Crippen LogP contribution in [0.1, 0.15) is 18.4 Å². The maximum Gasteiger partial charge on any atom is 0.387 e. The fourth-order valence-electron chi connectivity index (χ4n) is 2.30. The van der Waals surface area contributed by atoms with Crippen LogP contribution in [0.25, 0.3) is 0 Å². The van der Waals surface area contributed by atoms with Crippen molar-refractivity contribution in [1.82, 2.24) is 5.32 Å². The van der Waals surface area contributed by atoms with Crippen LogP contribution in [-0.4, -0.2) is 25.6 Å². The van der Waals surface area contributed by atoms with E-state index in [0.29, 0.717) is 11.3 Å². The number of hydrogen-bond acceptors (Lipinski definition) is 3. The molecule has 1 amide bonds. The number of aryl methyl sites for hydroxylation is 1. The van der Waals surface area contributed by atoms with E-state index in [1.807, 2.05) is 0 Å². The third-order valence-corrected chi connectivity index (χ3v) is 3.41. The topological polar surface area (TPSA) is 50.4 Å². The summed E-state index contributed by atoms with van der Waals surface area (Å²) >= 11 is 0. The fourth-order valence-corrected chi connectivity index (χ4v) is 2.30. The van der Waals surface area contributed by atoms with E-state index in [2.05, 4.69) is 15.4 Å². The van der Waals surface area contributed by atoms with E-state index in [1.54, 1.807) is 19.1 Å². The third-order valence-electron chi connectivity index (χ3n) is 3.41. The second kappa shape index (κ2) is 6.65. The van der Waals surface area contributed by atoms with Crippen LogP contribution in [0.15, 0.2) is 18.2 Å². The van der Waals surface area contributed by atoms with E-state index in [4.69, 9.17) is 0 Å². The van der Waals surface area contributed by atoms with Gasteiger partial charge in [-0.2, -0.15) is 8.78 Å². The van der Waals surface area contributed by atoms with Gasteiger partial charge in [-0.3, -0.25) is 4.79 Å². The Balaban J connectivity index is 2.12. The van der Waals surface area contributed by atoms with Gasteiger partial charge in [0, 0.05) is 5.92 Å². The minimum atomic E-state index is -2.91. The maximum atomic E-state index is 12.4. The number of amides is 1. The van der Waals surface area contributed by atoms with Crippen molar-refractivity contribution in [3.8, 4) is 5.75 Å². The highest BCUT2D eigenvalue weighted by atomic mass is 19.3. The lowest BCUT2D eigenvalue weighted by Crippen LogP contribution is -2.34. The molecule has 0 radical (unpaired) electrons. The number of carbonyl (C=O) groups excluding carboxylic acids is 1. The molecule has 110 valence electrons. The molecule has 1 aliphatic heterocycles. The highest BCUT2D eigenvalue weighted by Gasteiger charge is 2.23. The minimum absolute atomic E-state index is 0.00212. The fraction of sp³-hybridized carbons (Fsp3) is 0.500. The highest BCUT2D eigenvalue weighted by Crippen LogP contribution is 2.30. The standard InChI is InChI=1S/C14H18F2N2O2/c1-9-3-2-4-11(20-14(15)16)12(9)18-13(19)10-5-7-17-8-6-10/h2-4,10,14,17H,5-8H2,1H3,(H,18,19). The smallest absolute Gasteiger partial charge is 0.387 e. The molecule has 1 aliphatic rings. The van der Waals surface area contributed by atoms with Crippen molar-refractivity contribution in [2.75, 3.05) is 18.4 Å². The molecule has 1 aromatic rings. The SMILES string of the molecule is Cc1cccc(OC(F)F)c1NC(=O)C1CCNCC1. The van der Waals surface area contributed by atoms with E-state index in [9.17, 15) is 13.6 Å². The van der Waals surface area contributed by atoms with Gasteiger partial charge in [-0.1, -0.05) is 12.1 Å². The van der Waals surface area contributed by atoms with Crippen molar-refractivity contribution in [2.45, 2.75) is 26.4 Å². The third kappa shape index (κ3) is 3.66. The van der Waals surface area contributed by atoms with Crippen molar-refractivity contribution in [1.29, 1.82) is 0 Å². The Morgan fingerprint density at radius 1 is 1.40 bits per heavy atom. The van der Waals surface area contributed by atoms with Crippen LogP contribution < -0.4 is 15.4 Å². The van der Waals surface area contributed by atoms with Gasteiger partial charge in [0.1, 0.15) is 5.75 Å².